The minimum absolute atomic E-state index is 0.618. The van der Waals surface area contributed by atoms with Crippen molar-refractivity contribution in [3.63, 3.8) is 0 Å². The van der Waals surface area contributed by atoms with Crippen LogP contribution in [0.2, 0.25) is 5.02 Å². The van der Waals surface area contributed by atoms with Crippen molar-refractivity contribution >= 4 is 22.5 Å². The smallest absolute Gasteiger partial charge is 0.1000 e. The third kappa shape index (κ3) is 1.73. The van der Waals surface area contributed by atoms with Gasteiger partial charge in [0.05, 0.1) is 22.8 Å². The van der Waals surface area contributed by atoms with Crippen LogP contribution in [-0.4, -0.2) is 10.2 Å². The highest BCUT2D eigenvalue weighted by Crippen LogP contribution is 2.28. The predicted molar refractivity (Wildman–Crippen MR) is 71.3 cm³/mol. The summed E-state index contributed by atoms with van der Waals surface area (Å²) in [5.41, 5.74) is 3.27. The number of hydrogen-bond acceptors (Lipinski definition) is 2. The molecule has 0 aliphatic rings. The topological polar surface area (TPSA) is 52.5 Å². The third-order valence-electron chi connectivity index (χ3n) is 2.79. The number of aromatic amines is 1. The van der Waals surface area contributed by atoms with Gasteiger partial charge in [0.1, 0.15) is 0 Å². The van der Waals surface area contributed by atoms with Crippen LogP contribution in [0.1, 0.15) is 5.56 Å². The molecular weight excluding hydrogens is 246 g/mol. The maximum Gasteiger partial charge on any atom is 0.1000 e. The second-order valence-electron chi connectivity index (χ2n) is 3.95. The van der Waals surface area contributed by atoms with Crippen molar-refractivity contribution in [2.24, 2.45) is 0 Å². The fraction of sp³-hybridized carbons (Fsp3) is 0. The molecule has 0 aliphatic carbocycles. The molecule has 4 heteroatoms. The Morgan fingerprint density at radius 3 is 2.83 bits per heavy atom. The van der Waals surface area contributed by atoms with Crippen LogP contribution < -0.4 is 0 Å². The van der Waals surface area contributed by atoms with Gasteiger partial charge in [-0.1, -0.05) is 23.7 Å². The molecule has 2 aromatic carbocycles. The number of nitrogens with one attached hydrogen (secondary N) is 1. The highest BCUT2D eigenvalue weighted by Gasteiger charge is 2.09. The van der Waals surface area contributed by atoms with Gasteiger partial charge in [0.25, 0.3) is 0 Å². The molecule has 1 N–H and O–H groups in total. The van der Waals surface area contributed by atoms with E-state index in [1.54, 1.807) is 6.07 Å². The monoisotopic (exact) mass is 253 g/mol. The van der Waals surface area contributed by atoms with E-state index >= 15 is 0 Å². The van der Waals surface area contributed by atoms with E-state index in [0.29, 0.717) is 10.6 Å². The van der Waals surface area contributed by atoms with E-state index in [1.807, 2.05) is 36.4 Å². The molecule has 1 aromatic heterocycles. The number of aromatic nitrogens is 2. The molecule has 0 saturated heterocycles. The number of hydrogen-bond donors (Lipinski definition) is 1. The summed E-state index contributed by atoms with van der Waals surface area (Å²) in [6.07, 6.45) is 0. The van der Waals surface area contributed by atoms with Crippen molar-refractivity contribution in [1.29, 1.82) is 5.26 Å². The summed E-state index contributed by atoms with van der Waals surface area (Å²) in [6.45, 7) is 0. The Hall–Kier alpha value is -2.31. The highest BCUT2D eigenvalue weighted by atomic mass is 35.5. The van der Waals surface area contributed by atoms with E-state index in [0.717, 1.165) is 22.2 Å². The molecule has 86 valence electrons. The predicted octanol–water partition coefficient (Wildman–Crippen LogP) is 3.75. The molecule has 0 spiro atoms. The van der Waals surface area contributed by atoms with E-state index < -0.39 is 0 Å². The first-order valence-electron chi connectivity index (χ1n) is 5.42. The van der Waals surface area contributed by atoms with E-state index in [4.69, 9.17) is 16.9 Å². The summed E-state index contributed by atoms with van der Waals surface area (Å²) < 4.78 is 0. The van der Waals surface area contributed by atoms with Gasteiger partial charge in [-0.3, -0.25) is 5.10 Å². The zero-order chi connectivity index (χ0) is 12.5. The lowest BCUT2D eigenvalue weighted by atomic mass is 10.1. The van der Waals surface area contributed by atoms with E-state index in [2.05, 4.69) is 16.3 Å². The van der Waals surface area contributed by atoms with Gasteiger partial charge >= 0.3 is 0 Å². The second kappa shape index (κ2) is 4.17. The number of halogens is 1. The third-order valence-corrected chi connectivity index (χ3v) is 3.03. The quantitative estimate of drug-likeness (QED) is 0.718. The van der Waals surface area contributed by atoms with Crippen molar-refractivity contribution in [2.75, 3.05) is 0 Å². The summed E-state index contributed by atoms with van der Waals surface area (Å²) >= 11 is 5.98. The van der Waals surface area contributed by atoms with Gasteiger partial charge in [-0.2, -0.15) is 10.4 Å². The molecule has 0 fully saturated rings. The highest BCUT2D eigenvalue weighted by molar-refractivity contribution is 6.30. The first-order valence-corrected chi connectivity index (χ1v) is 5.80. The average molecular weight is 254 g/mol. The van der Waals surface area contributed by atoms with Gasteiger partial charge in [-0.15, -0.1) is 0 Å². The van der Waals surface area contributed by atoms with Gasteiger partial charge in [0.15, 0.2) is 0 Å². The number of H-pyrrole nitrogens is 1. The largest absolute Gasteiger partial charge is 0.277 e. The Balaban J connectivity index is 2.27. The Bertz CT molecular complexity index is 768. The molecule has 0 atom stereocenters. The first-order chi connectivity index (χ1) is 8.78. The molecule has 0 unspecified atom stereocenters. The fourth-order valence-electron chi connectivity index (χ4n) is 1.94. The molecule has 1 heterocycles. The van der Waals surface area contributed by atoms with Crippen molar-refractivity contribution in [2.45, 2.75) is 0 Å². The van der Waals surface area contributed by atoms with Crippen LogP contribution in [-0.2, 0) is 0 Å². The van der Waals surface area contributed by atoms with Crippen molar-refractivity contribution in [1.82, 2.24) is 10.2 Å². The molecule has 0 bridgehead atoms. The van der Waals surface area contributed by atoms with Crippen LogP contribution in [0.5, 0.6) is 0 Å². The maximum absolute atomic E-state index is 8.94. The van der Waals surface area contributed by atoms with Crippen LogP contribution in [0.25, 0.3) is 22.2 Å². The van der Waals surface area contributed by atoms with Crippen molar-refractivity contribution < 1.29 is 0 Å². The number of fused-ring (bicyclic) bond motifs is 1. The van der Waals surface area contributed by atoms with Crippen molar-refractivity contribution in [3.05, 3.63) is 53.1 Å². The van der Waals surface area contributed by atoms with Crippen molar-refractivity contribution in [3.8, 4) is 17.3 Å². The first kappa shape index (κ1) is 10.8. The summed E-state index contributed by atoms with van der Waals surface area (Å²) in [7, 11) is 0. The Kier molecular flexibility index (Phi) is 2.51. The second-order valence-corrected chi connectivity index (χ2v) is 4.39. The zero-order valence-electron chi connectivity index (χ0n) is 9.31. The molecule has 3 nitrogen and oxygen atoms in total. The van der Waals surface area contributed by atoms with Crippen LogP contribution in [0, 0.1) is 11.3 Å². The molecule has 3 aromatic rings. The summed E-state index contributed by atoms with van der Waals surface area (Å²) in [5.74, 6) is 0. The lowest BCUT2D eigenvalue weighted by Crippen LogP contribution is -1.79. The number of nitriles is 1. The minimum Gasteiger partial charge on any atom is -0.277 e. The number of benzene rings is 2. The number of rotatable bonds is 1. The molecule has 0 saturated carbocycles. The maximum atomic E-state index is 8.94. The lowest BCUT2D eigenvalue weighted by molar-refractivity contribution is 1.12. The van der Waals surface area contributed by atoms with E-state index in [1.165, 1.54) is 0 Å². The lowest BCUT2D eigenvalue weighted by Gasteiger charge is -1.98. The van der Waals surface area contributed by atoms with Gasteiger partial charge in [0, 0.05) is 16.0 Å². The Morgan fingerprint density at radius 2 is 2.06 bits per heavy atom. The molecule has 18 heavy (non-hydrogen) atoms. The van der Waals surface area contributed by atoms with Crippen LogP contribution in [0.3, 0.4) is 0 Å². The summed E-state index contributed by atoms with van der Waals surface area (Å²) in [5, 5.41) is 17.8. The van der Waals surface area contributed by atoms with Crippen LogP contribution >= 0.6 is 11.6 Å². The van der Waals surface area contributed by atoms with Crippen LogP contribution in [0.4, 0.5) is 0 Å². The average Bonchev–Trinajstić information content (AvgIpc) is 2.81. The van der Waals surface area contributed by atoms with Gasteiger partial charge in [0.2, 0.25) is 0 Å². The van der Waals surface area contributed by atoms with Gasteiger partial charge in [-0.05, 0) is 30.3 Å². The standard InChI is InChI=1S/C14H8ClN3/c15-11-3-1-2-10(7-11)14-12-6-9(8-16)4-5-13(12)17-18-14/h1-7H,(H,17,18). The molecule has 0 radical (unpaired) electrons. The Morgan fingerprint density at radius 1 is 1.17 bits per heavy atom. The summed E-state index contributed by atoms with van der Waals surface area (Å²) in [4.78, 5) is 0. The fourth-order valence-corrected chi connectivity index (χ4v) is 2.13. The zero-order valence-corrected chi connectivity index (χ0v) is 10.1. The molecular formula is C14H8ClN3. The van der Waals surface area contributed by atoms with Gasteiger partial charge in [-0.25, -0.2) is 0 Å². The molecule has 0 amide bonds. The molecule has 3 rings (SSSR count). The van der Waals surface area contributed by atoms with E-state index in [-0.39, 0.29) is 0 Å². The SMILES string of the molecule is N#Cc1ccc2[nH]nc(-c3cccc(Cl)c3)c2c1. The number of nitrogens with zero attached hydrogens (tertiary/aromatic N) is 2. The van der Waals surface area contributed by atoms with E-state index in [9.17, 15) is 0 Å². The Labute approximate surface area is 109 Å². The minimum atomic E-state index is 0.618. The van der Waals surface area contributed by atoms with Crippen LogP contribution in [0.15, 0.2) is 42.5 Å². The molecule has 0 aliphatic heterocycles. The normalized spacial score (nSPS) is 10.4. The van der Waals surface area contributed by atoms with Gasteiger partial charge < -0.3 is 0 Å². The summed E-state index contributed by atoms with van der Waals surface area (Å²) in [6, 6.07) is 15.1.